The molecule has 0 saturated carbocycles. The molecule has 2 heterocycles. The lowest BCUT2D eigenvalue weighted by atomic mass is 10.1. The number of H-pyrrole nitrogens is 1. The standard InChI is InChI=1S/C20H26BrN3O5S/c1-20(2,3)29-19(26)23(4)14-7-9-24(10-8-14)30(27,28)17-12-22-18(25)15-6-5-13(21)11-16(15)17/h5-6,11-12,14H,7-10H2,1-4H3,(H,22,25). The van der Waals surface area contributed by atoms with Crippen LogP contribution in [-0.4, -0.2) is 60.5 Å². The predicted molar refractivity (Wildman–Crippen MR) is 118 cm³/mol. The number of sulfonamides is 1. The van der Waals surface area contributed by atoms with E-state index in [2.05, 4.69) is 20.9 Å². The van der Waals surface area contributed by atoms with E-state index in [9.17, 15) is 18.0 Å². The number of benzene rings is 1. The van der Waals surface area contributed by atoms with Gasteiger partial charge in [0.15, 0.2) is 0 Å². The molecule has 30 heavy (non-hydrogen) atoms. The number of halogens is 1. The number of hydrogen-bond acceptors (Lipinski definition) is 5. The van der Waals surface area contributed by atoms with Gasteiger partial charge in [0.25, 0.3) is 5.56 Å². The Morgan fingerprint density at radius 2 is 1.87 bits per heavy atom. The van der Waals surface area contributed by atoms with Crippen molar-refractivity contribution in [2.75, 3.05) is 20.1 Å². The van der Waals surface area contributed by atoms with E-state index >= 15 is 0 Å². The van der Waals surface area contributed by atoms with Crippen molar-refractivity contribution in [1.29, 1.82) is 0 Å². The molecule has 0 radical (unpaired) electrons. The highest BCUT2D eigenvalue weighted by Gasteiger charge is 2.34. The second kappa shape index (κ2) is 8.32. The lowest BCUT2D eigenvalue weighted by Crippen LogP contribution is -2.48. The SMILES string of the molecule is CN(C(=O)OC(C)(C)C)C1CCN(S(=O)(=O)c2c[nH]c(=O)c3ccc(Br)cc23)CC1. The first-order chi connectivity index (χ1) is 13.9. The van der Waals surface area contributed by atoms with Crippen molar-refractivity contribution in [2.45, 2.75) is 50.2 Å². The minimum Gasteiger partial charge on any atom is -0.444 e. The van der Waals surface area contributed by atoms with E-state index in [4.69, 9.17) is 4.74 Å². The molecule has 1 saturated heterocycles. The van der Waals surface area contributed by atoms with Gasteiger partial charge in [0.2, 0.25) is 10.0 Å². The summed E-state index contributed by atoms with van der Waals surface area (Å²) in [4.78, 5) is 28.5. The molecule has 0 aliphatic carbocycles. The summed E-state index contributed by atoms with van der Waals surface area (Å²) in [6, 6.07) is 4.83. The molecule has 2 aromatic rings. The molecule has 0 atom stereocenters. The first kappa shape index (κ1) is 22.8. The van der Waals surface area contributed by atoms with E-state index < -0.39 is 21.7 Å². The summed E-state index contributed by atoms with van der Waals surface area (Å²) in [5.41, 5.74) is -0.927. The fourth-order valence-electron chi connectivity index (χ4n) is 3.51. The fourth-order valence-corrected chi connectivity index (χ4v) is 5.50. The molecule has 0 bridgehead atoms. The van der Waals surface area contributed by atoms with E-state index in [0.717, 1.165) is 0 Å². The van der Waals surface area contributed by atoms with E-state index in [1.54, 1.807) is 50.9 Å². The molecule has 1 aliphatic rings. The molecule has 3 rings (SSSR count). The van der Waals surface area contributed by atoms with Gasteiger partial charge >= 0.3 is 6.09 Å². The van der Waals surface area contributed by atoms with Gasteiger partial charge in [-0.1, -0.05) is 15.9 Å². The lowest BCUT2D eigenvalue weighted by molar-refractivity contribution is 0.0178. The smallest absolute Gasteiger partial charge is 0.410 e. The minimum atomic E-state index is -3.81. The van der Waals surface area contributed by atoms with Crippen molar-refractivity contribution in [3.05, 3.63) is 39.2 Å². The highest BCUT2D eigenvalue weighted by Crippen LogP contribution is 2.28. The number of rotatable bonds is 3. The van der Waals surface area contributed by atoms with Crippen molar-refractivity contribution in [3.63, 3.8) is 0 Å². The lowest BCUT2D eigenvalue weighted by Gasteiger charge is -2.36. The van der Waals surface area contributed by atoms with E-state index in [0.29, 0.717) is 28.1 Å². The molecular weight excluding hydrogens is 474 g/mol. The highest BCUT2D eigenvalue weighted by molar-refractivity contribution is 9.10. The van der Waals surface area contributed by atoms with Crippen LogP contribution in [0.4, 0.5) is 4.79 Å². The zero-order valence-electron chi connectivity index (χ0n) is 17.4. The number of amides is 1. The van der Waals surface area contributed by atoms with Crippen LogP contribution in [-0.2, 0) is 14.8 Å². The number of piperidine rings is 1. The number of aromatic amines is 1. The number of aromatic nitrogens is 1. The number of hydrogen-bond donors (Lipinski definition) is 1. The van der Waals surface area contributed by atoms with Gasteiger partial charge in [0, 0.05) is 47.6 Å². The second-order valence-corrected chi connectivity index (χ2v) is 11.2. The number of carbonyl (C=O) groups is 1. The molecule has 1 aromatic carbocycles. The van der Waals surface area contributed by atoms with Crippen LogP contribution in [0.2, 0.25) is 0 Å². The number of carbonyl (C=O) groups excluding carboxylic acids is 1. The third-order valence-corrected chi connectivity index (χ3v) is 7.53. The molecule has 1 amide bonds. The Labute approximate surface area is 184 Å². The average Bonchev–Trinajstić information content (AvgIpc) is 2.66. The second-order valence-electron chi connectivity index (χ2n) is 8.40. The largest absolute Gasteiger partial charge is 0.444 e. The van der Waals surface area contributed by atoms with Crippen LogP contribution >= 0.6 is 15.9 Å². The van der Waals surface area contributed by atoms with Gasteiger partial charge in [-0.2, -0.15) is 4.31 Å². The van der Waals surface area contributed by atoms with Crippen LogP contribution in [0.1, 0.15) is 33.6 Å². The zero-order chi connectivity index (χ0) is 22.3. The summed E-state index contributed by atoms with van der Waals surface area (Å²) in [6.07, 6.45) is 1.84. The Hall–Kier alpha value is -1.91. The molecule has 164 valence electrons. The quantitative estimate of drug-likeness (QED) is 0.697. The molecular formula is C20H26BrN3O5S. The maximum Gasteiger partial charge on any atom is 0.410 e. The van der Waals surface area contributed by atoms with Gasteiger partial charge in [-0.3, -0.25) is 4.79 Å². The van der Waals surface area contributed by atoms with Gasteiger partial charge in [-0.05, 0) is 51.8 Å². The fraction of sp³-hybridized carbons (Fsp3) is 0.500. The molecule has 0 unspecified atom stereocenters. The summed E-state index contributed by atoms with van der Waals surface area (Å²) in [6.45, 7) is 5.96. The first-order valence-electron chi connectivity index (χ1n) is 9.67. The van der Waals surface area contributed by atoms with Crippen LogP contribution in [0, 0.1) is 0 Å². The van der Waals surface area contributed by atoms with Gasteiger partial charge in [0.1, 0.15) is 10.5 Å². The van der Waals surface area contributed by atoms with E-state index in [1.165, 1.54) is 10.5 Å². The van der Waals surface area contributed by atoms with Gasteiger partial charge in [-0.25, -0.2) is 13.2 Å². The third kappa shape index (κ3) is 4.70. The molecule has 1 fully saturated rings. The maximum absolute atomic E-state index is 13.3. The third-order valence-electron chi connectivity index (χ3n) is 5.10. The highest BCUT2D eigenvalue weighted by atomic mass is 79.9. The predicted octanol–water partition coefficient (Wildman–Crippen LogP) is 3.31. The van der Waals surface area contributed by atoms with Crippen molar-refractivity contribution in [1.82, 2.24) is 14.2 Å². The average molecular weight is 500 g/mol. The maximum atomic E-state index is 13.3. The van der Waals surface area contributed by atoms with Crippen molar-refractivity contribution < 1.29 is 17.9 Å². The number of ether oxygens (including phenoxy) is 1. The topological polar surface area (TPSA) is 99.8 Å². The van der Waals surface area contributed by atoms with Gasteiger partial charge < -0.3 is 14.6 Å². The summed E-state index contributed by atoms with van der Waals surface area (Å²) >= 11 is 3.34. The number of nitrogens with zero attached hydrogens (tertiary/aromatic N) is 2. The molecule has 0 spiro atoms. The van der Waals surface area contributed by atoms with Crippen LogP contribution < -0.4 is 5.56 Å². The van der Waals surface area contributed by atoms with E-state index in [-0.39, 0.29) is 29.6 Å². The number of nitrogens with one attached hydrogen (secondary N) is 1. The Morgan fingerprint density at radius 3 is 2.47 bits per heavy atom. The molecule has 10 heteroatoms. The van der Waals surface area contributed by atoms with Crippen LogP contribution in [0.5, 0.6) is 0 Å². The van der Waals surface area contributed by atoms with Crippen molar-refractivity contribution >= 4 is 42.8 Å². The molecule has 1 N–H and O–H groups in total. The number of fused-ring (bicyclic) bond motifs is 1. The summed E-state index contributed by atoms with van der Waals surface area (Å²) in [5, 5.41) is 0.694. The normalized spacial score (nSPS) is 16.6. The summed E-state index contributed by atoms with van der Waals surface area (Å²) in [7, 11) is -2.14. The first-order valence-corrected chi connectivity index (χ1v) is 11.9. The Bertz CT molecular complexity index is 1120. The minimum absolute atomic E-state index is 0.0670. The van der Waals surface area contributed by atoms with Gasteiger partial charge in [0.05, 0.1) is 0 Å². The summed E-state index contributed by atoms with van der Waals surface area (Å²) < 4.78 is 34.1. The molecule has 1 aromatic heterocycles. The van der Waals surface area contributed by atoms with Crippen LogP contribution in [0.25, 0.3) is 10.8 Å². The van der Waals surface area contributed by atoms with Crippen molar-refractivity contribution in [3.8, 4) is 0 Å². The van der Waals surface area contributed by atoms with Crippen molar-refractivity contribution in [2.24, 2.45) is 0 Å². The monoisotopic (exact) mass is 499 g/mol. The molecule has 8 nitrogen and oxygen atoms in total. The Balaban J connectivity index is 1.80. The zero-order valence-corrected chi connectivity index (χ0v) is 19.8. The molecule has 1 aliphatic heterocycles. The van der Waals surface area contributed by atoms with Crippen LogP contribution in [0.3, 0.4) is 0 Å². The number of pyridine rings is 1. The van der Waals surface area contributed by atoms with Gasteiger partial charge in [-0.15, -0.1) is 0 Å². The van der Waals surface area contributed by atoms with Crippen LogP contribution in [0.15, 0.2) is 38.6 Å². The Kier molecular flexibility index (Phi) is 6.31. The van der Waals surface area contributed by atoms with E-state index in [1.807, 2.05) is 0 Å². The Morgan fingerprint density at radius 1 is 1.23 bits per heavy atom. The summed E-state index contributed by atoms with van der Waals surface area (Å²) in [5.74, 6) is 0.